The molecule has 1 aliphatic rings. The lowest BCUT2D eigenvalue weighted by Crippen LogP contribution is -2.41. The lowest BCUT2D eigenvalue weighted by atomic mass is 9.87. The summed E-state index contributed by atoms with van der Waals surface area (Å²) in [6.45, 7) is 7.98. The lowest BCUT2D eigenvalue weighted by Gasteiger charge is -2.36. The Morgan fingerprint density at radius 2 is 2.12 bits per heavy atom. The van der Waals surface area contributed by atoms with Crippen molar-refractivity contribution in [3.63, 3.8) is 0 Å². The average Bonchev–Trinajstić information content (AvgIpc) is 2.31. The summed E-state index contributed by atoms with van der Waals surface area (Å²) in [5, 5.41) is 9.09. The molecule has 102 valence electrons. The van der Waals surface area contributed by atoms with E-state index in [4.69, 9.17) is 10.8 Å². The summed E-state index contributed by atoms with van der Waals surface area (Å²) in [4.78, 5) is 2.58. The number of nitrogens with two attached hydrogens (primary N) is 1. The zero-order valence-electron chi connectivity index (χ0n) is 11.6. The van der Waals surface area contributed by atoms with Crippen LogP contribution in [-0.4, -0.2) is 42.3 Å². The molecule has 1 aliphatic heterocycles. The van der Waals surface area contributed by atoms with E-state index in [2.05, 4.69) is 18.7 Å². The second-order valence-corrected chi connectivity index (χ2v) is 6.17. The Labute approximate surface area is 106 Å². The number of hydrogen-bond donors (Lipinski definition) is 2. The fraction of sp³-hybridized carbons (Fsp3) is 1.00. The molecule has 0 aromatic carbocycles. The molecule has 17 heavy (non-hydrogen) atoms. The SMILES string of the molecule is CC(C)(CN)CCCN1CCCCC1CCO. The molecule has 0 spiro atoms. The standard InChI is InChI=1S/C14H30N2O/c1-14(2,12-15)8-5-10-16-9-4-3-6-13(16)7-11-17/h13,17H,3-12,15H2,1-2H3. The maximum absolute atomic E-state index is 9.09. The summed E-state index contributed by atoms with van der Waals surface area (Å²) in [7, 11) is 0. The van der Waals surface area contributed by atoms with Gasteiger partial charge in [0.05, 0.1) is 0 Å². The Morgan fingerprint density at radius 3 is 2.76 bits per heavy atom. The summed E-state index contributed by atoms with van der Waals surface area (Å²) in [5.74, 6) is 0. The quantitative estimate of drug-likeness (QED) is 0.718. The molecular weight excluding hydrogens is 212 g/mol. The summed E-state index contributed by atoms with van der Waals surface area (Å²) >= 11 is 0. The molecule has 0 amide bonds. The van der Waals surface area contributed by atoms with E-state index in [0.717, 1.165) is 13.0 Å². The van der Waals surface area contributed by atoms with Crippen molar-refractivity contribution in [1.82, 2.24) is 4.90 Å². The molecular formula is C14H30N2O. The minimum absolute atomic E-state index is 0.280. The van der Waals surface area contributed by atoms with Crippen LogP contribution in [0.5, 0.6) is 0 Å². The van der Waals surface area contributed by atoms with Crippen LogP contribution in [0.3, 0.4) is 0 Å². The van der Waals surface area contributed by atoms with Gasteiger partial charge in [0.2, 0.25) is 0 Å². The Hall–Kier alpha value is -0.120. The third-order valence-electron chi connectivity index (χ3n) is 4.06. The highest BCUT2D eigenvalue weighted by Crippen LogP contribution is 2.23. The van der Waals surface area contributed by atoms with Crippen LogP contribution in [0.2, 0.25) is 0 Å². The molecule has 1 fully saturated rings. The molecule has 0 aromatic rings. The van der Waals surface area contributed by atoms with Gasteiger partial charge in [0.1, 0.15) is 0 Å². The van der Waals surface area contributed by atoms with Gasteiger partial charge in [0.15, 0.2) is 0 Å². The van der Waals surface area contributed by atoms with E-state index < -0.39 is 0 Å². The van der Waals surface area contributed by atoms with E-state index >= 15 is 0 Å². The Kier molecular flexibility index (Phi) is 6.45. The van der Waals surface area contributed by atoms with Gasteiger partial charge in [-0.2, -0.15) is 0 Å². The van der Waals surface area contributed by atoms with Crippen LogP contribution < -0.4 is 5.73 Å². The van der Waals surface area contributed by atoms with Gasteiger partial charge in [0.25, 0.3) is 0 Å². The fourth-order valence-corrected chi connectivity index (χ4v) is 2.69. The fourth-order valence-electron chi connectivity index (χ4n) is 2.69. The topological polar surface area (TPSA) is 49.5 Å². The molecule has 1 saturated heterocycles. The lowest BCUT2D eigenvalue weighted by molar-refractivity contribution is 0.113. The highest BCUT2D eigenvalue weighted by molar-refractivity contribution is 4.78. The van der Waals surface area contributed by atoms with Crippen LogP contribution in [0, 0.1) is 5.41 Å². The van der Waals surface area contributed by atoms with E-state index in [0.29, 0.717) is 12.6 Å². The van der Waals surface area contributed by atoms with Gasteiger partial charge in [-0.15, -0.1) is 0 Å². The minimum Gasteiger partial charge on any atom is -0.396 e. The maximum Gasteiger partial charge on any atom is 0.0445 e. The third kappa shape index (κ3) is 5.36. The summed E-state index contributed by atoms with van der Waals surface area (Å²) in [6.07, 6.45) is 7.29. The number of nitrogens with zero attached hydrogens (tertiary/aromatic N) is 1. The molecule has 0 radical (unpaired) electrons. The predicted molar refractivity (Wildman–Crippen MR) is 73.0 cm³/mol. The molecule has 0 saturated carbocycles. The van der Waals surface area contributed by atoms with Crippen molar-refractivity contribution in [2.75, 3.05) is 26.2 Å². The van der Waals surface area contributed by atoms with Gasteiger partial charge >= 0.3 is 0 Å². The molecule has 3 N–H and O–H groups in total. The molecule has 1 atom stereocenters. The van der Waals surface area contributed by atoms with Gasteiger partial charge in [-0.3, -0.25) is 0 Å². The number of piperidine rings is 1. The van der Waals surface area contributed by atoms with Crippen molar-refractivity contribution in [2.24, 2.45) is 11.1 Å². The monoisotopic (exact) mass is 242 g/mol. The molecule has 1 heterocycles. The van der Waals surface area contributed by atoms with Gasteiger partial charge in [-0.25, -0.2) is 0 Å². The zero-order chi connectivity index (χ0) is 12.7. The molecule has 1 rings (SSSR count). The van der Waals surface area contributed by atoms with Gasteiger partial charge in [-0.05, 0) is 57.2 Å². The van der Waals surface area contributed by atoms with Crippen molar-refractivity contribution in [3.05, 3.63) is 0 Å². The summed E-state index contributed by atoms with van der Waals surface area (Å²) in [6, 6.07) is 0.620. The van der Waals surface area contributed by atoms with E-state index in [9.17, 15) is 0 Å². The minimum atomic E-state index is 0.280. The number of hydrogen-bond acceptors (Lipinski definition) is 3. The highest BCUT2D eigenvalue weighted by atomic mass is 16.3. The molecule has 3 heteroatoms. The third-order valence-corrected chi connectivity index (χ3v) is 4.06. The van der Waals surface area contributed by atoms with Crippen molar-refractivity contribution in [2.45, 2.75) is 58.4 Å². The van der Waals surface area contributed by atoms with E-state index in [1.54, 1.807) is 0 Å². The smallest absolute Gasteiger partial charge is 0.0445 e. The zero-order valence-corrected chi connectivity index (χ0v) is 11.6. The number of aliphatic hydroxyl groups is 1. The first-order chi connectivity index (χ1) is 8.09. The van der Waals surface area contributed by atoms with E-state index in [1.807, 2.05) is 0 Å². The largest absolute Gasteiger partial charge is 0.396 e. The van der Waals surface area contributed by atoms with Crippen molar-refractivity contribution >= 4 is 0 Å². The predicted octanol–water partition coefficient (Wildman–Crippen LogP) is 1.99. The average molecular weight is 242 g/mol. The molecule has 0 bridgehead atoms. The first-order valence-electron chi connectivity index (χ1n) is 7.14. The van der Waals surface area contributed by atoms with Crippen LogP contribution in [0.15, 0.2) is 0 Å². The maximum atomic E-state index is 9.09. The Bertz CT molecular complexity index is 204. The summed E-state index contributed by atoms with van der Waals surface area (Å²) < 4.78 is 0. The number of likely N-dealkylation sites (tertiary alicyclic amines) is 1. The molecule has 1 unspecified atom stereocenters. The van der Waals surface area contributed by atoms with Crippen LogP contribution >= 0.6 is 0 Å². The second-order valence-electron chi connectivity index (χ2n) is 6.17. The normalized spacial score (nSPS) is 22.9. The van der Waals surface area contributed by atoms with Gasteiger partial charge in [0, 0.05) is 12.6 Å². The first-order valence-corrected chi connectivity index (χ1v) is 7.14. The van der Waals surface area contributed by atoms with Gasteiger partial charge in [-0.1, -0.05) is 20.3 Å². The second kappa shape index (κ2) is 7.34. The first kappa shape index (κ1) is 14.9. The van der Waals surface area contributed by atoms with Crippen LogP contribution in [0.25, 0.3) is 0 Å². The van der Waals surface area contributed by atoms with Crippen LogP contribution in [0.4, 0.5) is 0 Å². The van der Waals surface area contributed by atoms with Crippen LogP contribution in [0.1, 0.15) is 52.4 Å². The highest BCUT2D eigenvalue weighted by Gasteiger charge is 2.22. The Balaban J connectivity index is 2.28. The number of aliphatic hydroxyl groups excluding tert-OH is 1. The molecule has 0 aromatic heterocycles. The van der Waals surface area contributed by atoms with Crippen molar-refractivity contribution in [1.29, 1.82) is 0 Å². The van der Waals surface area contributed by atoms with Crippen LogP contribution in [-0.2, 0) is 0 Å². The summed E-state index contributed by atoms with van der Waals surface area (Å²) in [5.41, 5.74) is 6.03. The number of rotatable bonds is 7. The van der Waals surface area contributed by atoms with Crippen molar-refractivity contribution < 1.29 is 5.11 Å². The van der Waals surface area contributed by atoms with Gasteiger partial charge < -0.3 is 15.7 Å². The molecule has 0 aliphatic carbocycles. The van der Waals surface area contributed by atoms with E-state index in [1.165, 1.54) is 45.2 Å². The Morgan fingerprint density at radius 1 is 1.35 bits per heavy atom. The molecule has 3 nitrogen and oxygen atoms in total. The van der Waals surface area contributed by atoms with Crippen molar-refractivity contribution in [3.8, 4) is 0 Å². The van der Waals surface area contributed by atoms with E-state index in [-0.39, 0.29) is 5.41 Å².